The predicted octanol–water partition coefficient (Wildman–Crippen LogP) is 6.79. The van der Waals surface area contributed by atoms with Gasteiger partial charge in [0.2, 0.25) is 11.8 Å². The molecule has 1 fully saturated rings. The normalized spacial score (nSPS) is 20.8. The van der Waals surface area contributed by atoms with Crippen LogP contribution in [0.5, 0.6) is 0 Å². The molecule has 0 unspecified atom stereocenters. The summed E-state index contributed by atoms with van der Waals surface area (Å²) in [5, 5.41) is 0. The zero-order valence-electron chi connectivity index (χ0n) is 24.1. The zero-order chi connectivity index (χ0) is 30.7. The standard InChI is InChI=1S/C39H27NO5/c41-32(25-16-14-24(15-17-25)23-8-2-1-3-9-23)22-45-39(44)26-18-20-27(21-19-26)40-37(42)35-33-28-10-4-5-11-29(28)34(36(35)38(40)43)31-13-7-6-12-30(31)33/h1-21,33-36H,22H2/t33?,34?,35-,36-/m0/s1. The maximum Gasteiger partial charge on any atom is 0.338 e. The van der Waals surface area contributed by atoms with Gasteiger partial charge < -0.3 is 4.74 Å². The fourth-order valence-corrected chi connectivity index (χ4v) is 7.46. The van der Waals surface area contributed by atoms with Gasteiger partial charge in [-0.2, -0.15) is 0 Å². The summed E-state index contributed by atoms with van der Waals surface area (Å²) in [4.78, 5) is 54.7. The Hall–Kier alpha value is -5.62. The summed E-state index contributed by atoms with van der Waals surface area (Å²) in [6, 6.07) is 39.5. The number of hydrogen-bond donors (Lipinski definition) is 0. The number of rotatable bonds is 6. The number of benzene rings is 5. The van der Waals surface area contributed by atoms with Crippen LogP contribution in [0.25, 0.3) is 11.1 Å². The highest BCUT2D eigenvalue weighted by atomic mass is 16.5. The Bertz CT molecular complexity index is 1880. The molecule has 2 bridgehead atoms. The van der Waals surface area contributed by atoms with Gasteiger partial charge in [-0.15, -0.1) is 0 Å². The average Bonchev–Trinajstić information content (AvgIpc) is 3.37. The lowest BCUT2D eigenvalue weighted by molar-refractivity contribution is -0.122. The summed E-state index contributed by atoms with van der Waals surface area (Å²) in [7, 11) is 0. The Morgan fingerprint density at radius 3 is 1.49 bits per heavy atom. The molecule has 2 atom stereocenters. The van der Waals surface area contributed by atoms with Crippen molar-refractivity contribution in [2.75, 3.05) is 11.5 Å². The highest BCUT2D eigenvalue weighted by Gasteiger charge is 2.61. The molecule has 5 aromatic rings. The van der Waals surface area contributed by atoms with Gasteiger partial charge in [0.15, 0.2) is 12.4 Å². The molecule has 6 nitrogen and oxygen atoms in total. The van der Waals surface area contributed by atoms with Crippen LogP contribution in [0, 0.1) is 11.8 Å². The molecule has 1 saturated heterocycles. The van der Waals surface area contributed by atoms with Crippen molar-refractivity contribution in [3.8, 4) is 11.1 Å². The van der Waals surface area contributed by atoms with Crippen LogP contribution < -0.4 is 4.90 Å². The van der Waals surface area contributed by atoms with Crippen LogP contribution in [0.3, 0.4) is 0 Å². The fourth-order valence-electron chi connectivity index (χ4n) is 7.46. The number of amides is 2. The summed E-state index contributed by atoms with van der Waals surface area (Å²) in [5.41, 5.74) is 7.58. The molecule has 0 saturated carbocycles. The third-order valence-electron chi connectivity index (χ3n) is 9.46. The van der Waals surface area contributed by atoms with Gasteiger partial charge in [-0.1, -0.05) is 103 Å². The third-order valence-corrected chi connectivity index (χ3v) is 9.46. The number of Topliss-reactive ketones (excluding diaryl/α,β-unsaturated/α-hetero) is 1. The highest BCUT2D eigenvalue weighted by molar-refractivity contribution is 6.23. The van der Waals surface area contributed by atoms with Crippen LogP contribution in [-0.2, 0) is 14.3 Å². The molecule has 0 aromatic heterocycles. The number of hydrogen-bond acceptors (Lipinski definition) is 5. The van der Waals surface area contributed by atoms with E-state index < -0.39 is 24.4 Å². The smallest absolute Gasteiger partial charge is 0.338 e. The van der Waals surface area contributed by atoms with Crippen LogP contribution in [0.15, 0.2) is 127 Å². The van der Waals surface area contributed by atoms with E-state index >= 15 is 0 Å². The molecular weight excluding hydrogens is 562 g/mol. The summed E-state index contributed by atoms with van der Waals surface area (Å²) >= 11 is 0. The number of nitrogens with zero attached hydrogens (tertiary/aromatic N) is 1. The fraction of sp³-hybridized carbons (Fsp3) is 0.128. The van der Waals surface area contributed by atoms with E-state index in [0.29, 0.717) is 11.3 Å². The van der Waals surface area contributed by atoms with E-state index in [2.05, 4.69) is 24.3 Å². The molecule has 6 heteroatoms. The first kappa shape index (κ1) is 27.0. The van der Waals surface area contributed by atoms with E-state index in [9.17, 15) is 19.2 Å². The van der Waals surface area contributed by atoms with Crippen molar-refractivity contribution in [2.24, 2.45) is 11.8 Å². The molecule has 2 amide bonds. The van der Waals surface area contributed by atoms with Crippen LogP contribution in [0.4, 0.5) is 5.69 Å². The Balaban J connectivity index is 0.979. The Kier molecular flexibility index (Phi) is 6.31. The Morgan fingerprint density at radius 2 is 0.978 bits per heavy atom. The van der Waals surface area contributed by atoms with E-state index in [1.165, 1.54) is 17.0 Å². The number of carbonyl (C=O) groups is 4. The topological polar surface area (TPSA) is 80.8 Å². The second-order valence-electron chi connectivity index (χ2n) is 11.8. The highest BCUT2D eigenvalue weighted by Crippen LogP contribution is 2.61. The van der Waals surface area contributed by atoms with Crippen molar-refractivity contribution < 1.29 is 23.9 Å². The van der Waals surface area contributed by atoms with Crippen LogP contribution in [-0.4, -0.2) is 30.2 Å². The van der Waals surface area contributed by atoms with E-state index in [4.69, 9.17) is 4.74 Å². The lowest BCUT2D eigenvalue weighted by atomic mass is 9.55. The van der Waals surface area contributed by atoms with Crippen molar-refractivity contribution in [3.05, 3.63) is 161 Å². The molecule has 3 aliphatic carbocycles. The van der Waals surface area contributed by atoms with Gasteiger partial charge in [-0.3, -0.25) is 14.4 Å². The minimum absolute atomic E-state index is 0.185. The number of ketones is 1. The van der Waals surface area contributed by atoms with Crippen LogP contribution in [0.2, 0.25) is 0 Å². The average molecular weight is 590 g/mol. The van der Waals surface area contributed by atoms with Gasteiger partial charge in [-0.25, -0.2) is 9.69 Å². The Labute approximate surface area is 259 Å². The number of anilines is 1. The molecule has 0 radical (unpaired) electrons. The van der Waals surface area contributed by atoms with Crippen molar-refractivity contribution in [2.45, 2.75) is 11.8 Å². The maximum atomic E-state index is 14.0. The number of carbonyl (C=O) groups excluding carboxylic acids is 4. The molecule has 218 valence electrons. The van der Waals surface area contributed by atoms with Crippen LogP contribution in [0.1, 0.15) is 54.8 Å². The van der Waals surface area contributed by atoms with Gasteiger partial charge in [-0.05, 0) is 57.6 Å². The molecule has 9 rings (SSSR count). The molecule has 5 aromatic carbocycles. The number of esters is 1. The SMILES string of the molecule is O=C(COC(=O)c1ccc(N2C(=O)[C@H]3C4c5ccccc5C(c5ccccc54)[C@@H]3C2=O)cc1)c1ccc(-c2ccccc2)cc1. The minimum Gasteiger partial charge on any atom is -0.454 e. The van der Waals surface area contributed by atoms with Gasteiger partial charge in [0.05, 0.1) is 23.1 Å². The summed E-state index contributed by atoms with van der Waals surface area (Å²) < 4.78 is 5.32. The number of imide groups is 1. The predicted molar refractivity (Wildman–Crippen MR) is 169 cm³/mol. The van der Waals surface area contributed by atoms with E-state index in [1.54, 1.807) is 24.3 Å². The quantitative estimate of drug-likeness (QED) is 0.124. The first-order valence-electron chi connectivity index (χ1n) is 15.0. The van der Waals surface area contributed by atoms with Gasteiger partial charge in [0.25, 0.3) is 0 Å². The largest absolute Gasteiger partial charge is 0.454 e. The van der Waals surface area contributed by atoms with E-state index in [-0.39, 0.29) is 35.0 Å². The van der Waals surface area contributed by atoms with Gasteiger partial charge >= 0.3 is 5.97 Å². The second kappa shape index (κ2) is 10.5. The number of ether oxygens (including phenoxy) is 1. The molecule has 1 heterocycles. The third kappa shape index (κ3) is 4.25. The molecule has 0 spiro atoms. The minimum atomic E-state index is -0.660. The first-order chi connectivity index (χ1) is 22.0. The monoisotopic (exact) mass is 589 g/mol. The zero-order valence-corrected chi connectivity index (χ0v) is 24.1. The van der Waals surface area contributed by atoms with Crippen molar-refractivity contribution in [1.29, 1.82) is 0 Å². The Morgan fingerprint density at radius 1 is 0.533 bits per heavy atom. The molecular formula is C39H27NO5. The van der Waals surface area contributed by atoms with E-state index in [1.807, 2.05) is 66.7 Å². The molecule has 45 heavy (non-hydrogen) atoms. The molecule has 0 N–H and O–H groups in total. The lowest BCUT2D eigenvalue weighted by Crippen LogP contribution is -2.41. The second-order valence-corrected chi connectivity index (χ2v) is 11.8. The van der Waals surface area contributed by atoms with E-state index in [0.717, 1.165) is 33.4 Å². The summed E-state index contributed by atoms with van der Waals surface area (Å²) in [6.07, 6.45) is 0. The van der Waals surface area contributed by atoms with Crippen molar-refractivity contribution in [1.82, 2.24) is 0 Å². The maximum absolute atomic E-state index is 14.0. The van der Waals surface area contributed by atoms with Crippen molar-refractivity contribution in [3.63, 3.8) is 0 Å². The van der Waals surface area contributed by atoms with Crippen LogP contribution >= 0.6 is 0 Å². The molecule has 1 aliphatic heterocycles. The molecule has 4 aliphatic rings. The summed E-state index contributed by atoms with van der Waals surface area (Å²) in [5.74, 6) is -2.74. The van der Waals surface area contributed by atoms with Gasteiger partial charge in [0.1, 0.15) is 0 Å². The van der Waals surface area contributed by atoms with Crippen molar-refractivity contribution >= 4 is 29.3 Å². The first-order valence-corrected chi connectivity index (χ1v) is 15.0. The lowest BCUT2D eigenvalue weighted by Gasteiger charge is -2.45. The van der Waals surface area contributed by atoms with Gasteiger partial charge in [0, 0.05) is 17.4 Å². The summed E-state index contributed by atoms with van der Waals surface area (Å²) in [6.45, 7) is -0.401.